The van der Waals surface area contributed by atoms with Gasteiger partial charge in [0.05, 0.1) is 6.10 Å². The number of aliphatic hydroxyl groups excluding tert-OH is 1. The van der Waals surface area contributed by atoms with E-state index in [1.165, 1.54) is 24.0 Å². The molecule has 6 heteroatoms. The Morgan fingerprint density at radius 2 is 1.91 bits per heavy atom. The molecule has 1 fully saturated rings. The van der Waals surface area contributed by atoms with Gasteiger partial charge in [0.25, 0.3) is 5.91 Å². The highest BCUT2D eigenvalue weighted by Gasteiger charge is 2.27. The van der Waals surface area contributed by atoms with Gasteiger partial charge in [-0.15, -0.1) is 0 Å². The predicted molar refractivity (Wildman–Crippen MR) is 127 cm³/mol. The Kier molecular flexibility index (Phi) is 6.44. The van der Waals surface area contributed by atoms with E-state index >= 15 is 0 Å². The minimum atomic E-state index is -0.537. The summed E-state index contributed by atoms with van der Waals surface area (Å²) >= 11 is 0. The van der Waals surface area contributed by atoms with Crippen molar-refractivity contribution in [2.24, 2.45) is 0 Å². The van der Waals surface area contributed by atoms with Crippen molar-refractivity contribution in [1.82, 2.24) is 15.1 Å². The summed E-state index contributed by atoms with van der Waals surface area (Å²) in [5.41, 5.74) is 5.76. The van der Waals surface area contributed by atoms with Gasteiger partial charge in [0.2, 0.25) is 0 Å². The Bertz CT molecular complexity index is 957. The molecule has 0 aromatic heterocycles. The van der Waals surface area contributed by atoms with Crippen LogP contribution in [-0.2, 0) is 19.4 Å². The van der Waals surface area contributed by atoms with E-state index in [2.05, 4.69) is 45.9 Å². The molecule has 1 saturated heterocycles. The quantitative estimate of drug-likeness (QED) is 0.651. The first-order valence-electron chi connectivity index (χ1n) is 12.0. The van der Waals surface area contributed by atoms with Crippen LogP contribution in [0.5, 0.6) is 0 Å². The topological polar surface area (TPSA) is 67.8 Å². The Hall–Kier alpha value is -2.41. The first kappa shape index (κ1) is 21.4. The maximum absolute atomic E-state index is 13.1. The fourth-order valence-electron chi connectivity index (χ4n) is 5.33. The largest absolute Gasteiger partial charge is 0.390 e. The third kappa shape index (κ3) is 4.82. The van der Waals surface area contributed by atoms with E-state index in [1.54, 1.807) is 0 Å². The summed E-state index contributed by atoms with van der Waals surface area (Å²) in [5.74, 6) is 0.0418. The minimum absolute atomic E-state index is 0.0418. The number of β-amino-alcohol motifs (C(OH)–C–C–N with tert-alkyl or cyclic N) is 1. The van der Waals surface area contributed by atoms with Crippen LogP contribution in [0.2, 0.25) is 0 Å². The van der Waals surface area contributed by atoms with Crippen LogP contribution >= 0.6 is 0 Å². The molecule has 32 heavy (non-hydrogen) atoms. The lowest BCUT2D eigenvalue weighted by Crippen LogP contribution is -2.46. The van der Waals surface area contributed by atoms with Crippen molar-refractivity contribution in [3.63, 3.8) is 0 Å². The lowest BCUT2D eigenvalue weighted by molar-refractivity contribution is 0.0493. The highest BCUT2D eigenvalue weighted by molar-refractivity contribution is 5.97. The summed E-state index contributed by atoms with van der Waals surface area (Å²) in [4.78, 5) is 17.2. The molecule has 3 heterocycles. The lowest BCUT2D eigenvalue weighted by Gasteiger charge is -2.34. The monoisotopic (exact) mass is 434 g/mol. The van der Waals surface area contributed by atoms with Crippen LogP contribution in [0.1, 0.15) is 39.9 Å². The number of hydrogen-bond donors (Lipinski definition) is 3. The van der Waals surface area contributed by atoms with Gasteiger partial charge in [0.1, 0.15) is 0 Å². The van der Waals surface area contributed by atoms with Crippen molar-refractivity contribution in [2.75, 3.05) is 44.6 Å². The predicted octanol–water partition coefficient (Wildman–Crippen LogP) is 2.27. The average molecular weight is 435 g/mol. The summed E-state index contributed by atoms with van der Waals surface area (Å²) in [6.07, 6.45) is 3.69. The number of nitrogens with one attached hydrogen (secondary N) is 2. The van der Waals surface area contributed by atoms with Gasteiger partial charge in [-0.25, -0.2) is 0 Å². The number of fused-ring (bicyclic) bond motifs is 2. The second-order valence-corrected chi connectivity index (χ2v) is 9.47. The van der Waals surface area contributed by atoms with Gasteiger partial charge in [0, 0.05) is 56.6 Å². The molecule has 170 valence electrons. The van der Waals surface area contributed by atoms with Crippen molar-refractivity contribution in [2.45, 2.75) is 44.4 Å². The molecule has 0 saturated carbocycles. The summed E-state index contributed by atoms with van der Waals surface area (Å²) in [6, 6.07) is 15.1. The van der Waals surface area contributed by atoms with E-state index in [0.717, 1.165) is 55.8 Å². The van der Waals surface area contributed by atoms with E-state index in [1.807, 2.05) is 17.0 Å². The molecule has 0 radical (unpaired) electrons. The lowest BCUT2D eigenvalue weighted by atomic mass is 9.97. The average Bonchev–Trinajstić information content (AvgIpc) is 2.81. The van der Waals surface area contributed by atoms with Crippen LogP contribution in [0.15, 0.2) is 42.5 Å². The van der Waals surface area contributed by atoms with Crippen molar-refractivity contribution in [1.29, 1.82) is 0 Å². The Morgan fingerprint density at radius 1 is 1.06 bits per heavy atom. The number of nitrogens with zero attached hydrogens (tertiary/aromatic N) is 2. The molecule has 3 aliphatic heterocycles. The van der Waals surface area contributed by atoms with E-state index < -0.39 is 6.10 Å². The zero-order chi connectivity index (χ0) is 21.9. The fraction of sp³-hybridized carbons (Fsp3) is 0.500. The summed E-state index contributed by atoms with van der Waals surface area (Å²) in [7, 11) is 0. The molecule has 2 aromatic rings. The van der Waals surface area contributed by atoms with Gasteiger partial charge in [-0.3, -0.25) is 9.69 Å². The summed E-state index contributed by atoms with van der Waals surface area (Å²) in [6.45, 7) is 5.58. The summed E-state index contributed by atoms with van der Waals surface area (Å²) < 4.78 is 0. The maximum atomic E-state index is 13.1. The van der Waals surface area contributed by atoms with Crippen molar-refractivity contribution in [3.8, 4) is 0 Å². The number of piperidine rings is 1. The maximum Gasteiger partial charge on any atom is 0.254 e. The van der Waals surface area contributed by atoms with Gasteiger partial charge in [-0.1, -0.05) is 24.3 Å². The highest BCUT2D eigenvalue weighted by Crippen LogP contribution is 2.24. The molecule has 5 rings (SSSR count). The fourth-order valence-corrected chi connectivity index (χ4v) is 5.33. The van der Waals surface area contributed by atoms with Crippen molar-refractivity contribution < 1.29 is 9.90 Å². The molecule has 3 aliphatic rings. The second kappa shape index (κ2) is 9.61. The molecule has 6 nitrogen and oxygen atoms in total. The minimum Gasteiger partial charge on any atom is -0.390 e. The molecule has 1 amide bonds. The Balaban J connectivity index is 1.16. The molecule has 2 atom stereocenters. The number of benzene rings is 2. The van der Waals surface area contributed by atoms with Gasteiger partial charge < -0.3 is 20.6 Å². The molecule has 0 bridgehead atoms. The number of amides is 1. The van der Waals surface area contributed by atoms with Crippen LogP contribution in [0.3, 0.4) is 0 Å². The van der Waals surface area contributed by atoms with Gasteiger partial charge in [-0.05, 0) is 67.1 Å². The first-order chi connectivity index (χ1) is 15.7. The number of rotatable bonds is 6. The number of carbonyl (C=O) groups excluding carboxylic acids is 1. The standard InChI is InChI=1S/C26H34N4O2/c31-24(17-29-12-9-19-4-1-2-5-21(19)16-29)18-30-13-10-20-14-22(7-8-25(20)26(30)32)28-23-6-3-11-27-15-23/h1-2,4-5,7-8,14,23-24,27-28,31H,3,6,9-13,15-18H2. The van der Waals surface area contributed by atoms with E-state index in [9.17, 15) is 9.90 Å². The van der Waals surface area contributed by atoms with Crippen molar-refractivity contribution >= 4 is 11.6 Å². The zero-order valence-corrected chi connectivity index (χ0v) is 18.7. The van der Waals surface area contributed by atoms with Crippen LogP contribution in [0.25, 0.3) is 0 Å². The molecule has 2 unspecified atom stereocenters. The molecule has 0 spiro atoms. The molecule has 3 N–H and O–H groups in total. The third-order valence-corrected chi connectivity index (χ3v) is 7.05. The molecule has 0 aliphatic carbocycles. The van der Waals surface area contributed by atoms with Crippen LogP contribution in [0.4, 0.5) is 5.69 Å². The van der Waals surface area contributed by atoms with E-state index in [-0.39, 0.29) is 5.91 Å². The van der Waals surface area contributed by atoms with Crippen molar-refractivity contribution in [3.05, 3.63) is 64.7 Å². The SMILES string of the molecule is O=C1c2ccc(NC3CCCNC3)cc2CCN1CC(O)CN1CCc2ccccc2C1. The normalized spacial score (nSPS) is 22.2. The third-order valence-electron chi connectivity index (χ3n) is 7.05. The van der Waals surface area contributed by atoms with Gasteiger partial charge in [0.15, 0.2) is 0 Å². The number of anilines is 1. The van der Waals surface area contributed by atoms with Crippen LogP contribution < -0.4 is 10.6 Å². The number of hydrogen-bond acceptors (Lipinski definition) is 5. The number of aliphatic hydroxyl groups is 1. The van der Waals surface area contributed by atoms with Crippen LogP contribution in [0, 0.1) is 0 Å². The smallest absolute Gasteiger partial charge is 0.254 e. The second-order valence-electron chi connectivity index (χ2n) is 9.47. The summed E-state index contributed by atoms with van der Waals surface area (Å²) in [5, 5.41) is 17.8. The van der Waals surface area contributed by atoms with Crippen LogP contribution in [-0.4, -0.2) is 72.2 Å². The molecule has 2 aromatic carbocycles. The Morgan fingerprint density at radius 3 is 2.75 bits per heavy atom. The van der Waals surface area contributed by atoms with E-state index in [0.29, 0.717) is 25.7 Å². The van der Waals surface area contributed by atoms with E-state index in [4.69, 9.17) is 0 Å². The Labute approximate surface area is 190 Å². The first-order valence-corrected chi connectivity index (χ1v) is 12.0. The zero-order valence-electron chi connectivity index (χ0n) is 18.7. The van der Waals surface area contributed by atoms with Gasteiger partial charge >= 0.3 is 0 Å². The molecular formula is C26H34N4O2. The van der Waals surface area contributed by atoms with Gasteiger partial charge in [-0.2, -0.15) is 0 Å². The highest BCUT2D eigenvalue weighted by atomic mass is 16.3. The number of carbonyl (C=O) groups is 1. The molecular weight excluding hydrogens is 400 g/mol.